The molecule has 0 spiro atoms. The third kappa shape index (κ3) is 3.77. The molecule has 2 aromatic rings. The normalized spacial score (nSPS) is 10.8. The molecule has 1 heterocycles. The largest absolute Gasteiger partial charge is 0.385 e. The number of benzene rings is 1. The maximum Gasteiger partial charge on any atom is 0.207 e. The van der Waals surface area contributed by atoms with Gasteiger partial charge in [-0.05, 0) is 31.7 Å². The Bertz CT molecular complexity index is 554. The molecular weight excluding hydrogens is 270 g/mol. The van der Waals surface area contributed by atoms with Gasteiger partial charge in [0, 0.05) is 31.4 Å². The first-order chi connectivity index (χ1) is 9.74. The van der Waals surface area contributed by atoms with Gasteiger partial charge in [-0.2, -0.15) is 0 Å². The predicted molar refractivity (Wildman–Crippen MR) is 85.0 cm³/mol. The molecule has 0 fully saturated rings. The Balaban J connectivity index is 2.15. The number of anilines is 2. The first-order valence-corrected chi connectivity index (χ1v) is 7.90. The fourth-order valence-corrected chi connectivity index (χ4v) is 2.62. The predicted octanol–water partition coefficient (Wildman–Crippen LogP) is 3.69. The molecule has 1 aromatic carbocycles. The molecule has 20 heavy (non-hydrogen) atoms. The van der Waals surface area contributed by atoms with Crippen molar-refractivity contribution < 1.29 is 4.74 Å². The maximum atomic E-state index is 5.11. The summed E-state index contributed by atoms with van der Waals surface area (Å²) < 4.78 is 7.25. The summed E-state index contributed by atoms with van der Waals surface area (Å²) in [5.41, 5.74) is 2.12. The Morgan fingerprint density at radius 1 is 1.35 bits per heavy atom. The Morgan fingerprint density at radius 2 is 2.15 bits per heavy atom. The zero-order chi connectivity index (χ0) is 14.4. The van der Waals surface area contributed by atoms with Crippen LogP contribution < -0.4 is 5.32 Å². The van der Waals surface area contributed by atoms with Gasteiger partial charge in [0.15, 0.2) is 0 Å². The van der Waals surface area contributed by atoms with Gasteiger partial charge < -0.3 is 14.6 Å². The SMILES string of the molecule is COCCCn1cc(C)nc1Nc1ccccc1SC. The van der Waals surface area contributed by atoms with Crippen LogP contribution in [0.5, 0.6) is 0 Å². The average molecular weight is 291 g/mol. The molecule has 0 radical (unpaired) electrons. The standard InChI is InChI=1S/C15H21N3OS/c1-12-11-18(9-6-10-19-2)15(16-12)17-13-7-4-5-8-14(13)20-3/h4-5,7-8,11H,6,9-10H2,1-3H3,(H,16,17). The summed E-state index contributed by atoms with van der Waals surface area (Å²) in [6, 6.07) is 8.27. The van der Waals surface area contributed by atoms with E-state index in [9.17, 15) is 0 Å². The Kier molecular flexibility index (Phi) is 5.49. The molecule has 108 valence electrons. The van der Waals surface area contributed by atoms with E-state index < -0.39 is 0 Å². The second-order valence-corrected chi connectivity index (χ2v) is 5.42. The molecule has 5 heteroatoms. The van der Waals surface area contributed by atoms with Crippen LogP contribution in [0.25, 0.3) is 0 Å². The number of aromatic nitrogens is 2. The highest BCUT2D eigenvalue weighted by molar-refractivity contribution is 7.98. The minimum absolute atomic E-state index is 0.762. The minimum Gasteiger partial charge on any atom is -0.385 e. The third-order valence-electron chi connectivity index (χ3n) is 3.00. The van der Waals surface area contributed by atoms with Crippen molar-refractivity contribution in [2.24, 2.45) is 0 Å². The summed E-state index contributed by atoms with van der Waals surface area (Å²) in [4.78, 5) is 5.78. The number of ether oxygens (including phenoxy) is 1. The van der Waals surface area contributed by atoms with E-state index in [0.29, 0.717) is 0 Å². The molecule has 4 nitrogen and oxygen atoms in total. The molecule has 0 unspecified atom stereocenters. The zero-order valence-corrected chi connectivity index (χ0v) is 13.0. The number of thioether (sulfide) groups is 1. The lowest BCUT2D eigenvalue weighted by Gasteiger charge is -2.12. The smallest absolute Gasteiger partial charge is 0.207 e. The van der Waals surface area contributed by atoms with Crippen molar-refractivity contribution in [1.82, 2.24) is 9.55 Å². The summed E-state index contributed by atoms with van der Waals surface area (Å²) in [6.07, 6.45) is 5.13. The fraction of sp³-hybridized carbons (Fsp3) is 0.400. The van der Waals surface area contributed by atoms with E-state index in [-0.39, 0.29) is 0 Å². The van der Waals surface area contributed by atoms with Crippen LogP contribution in [0.2, 0.25) is 0 Å². The van der Waals surface area contributed by atoms with Crippen molar-refractivity contribution in [2.75, 3.05) is 25.3 Å². The number of imidazole rings is 1. The highest BCUT2D eigenvalue weighted by Gasteiger charge is 2.08. The topological polar surface area (TPSA) is 39.1 Å². The minimum atomic E-state index is 0.762. The maximum absolute atomic E-state index is 5.11. The van der Waals surface area contributed by atoms with Crippen LogP contribution in [-0.4, -0.2) is 29.5 Å². The Morgan fingerprint density at radius 3 is 2.90 bits per heavy atom. The van der Waals surface area contributed by atoms with E-state index in [4.69, 9.17) is 4.74 Å². The van der Waals surface area contributed by atoms with Gasteiger partial charge in [-0.3, -0.25) is 0 Å². The quantitative estimate of drug-likeness (QED) is 0.624. The lowest BCUT2D eigenvalue weighted by molar-refractivity contribution is 0.190. The second-order valence-electron chi connectivity index (χ2n) is 4.57. The number of nitrogens with zero attached hydrogens (tertiary/aromatic N) is 2. The Hall–Kier alpha value is -1.46. The number of methoxy groups -OCH3 is 1. The van der Waals surface area contributed by atoms with Crippen LogP contribution in [0.1, 0.15) is 12.1 Å². The summed E-state index contributed by atoms with van der Waals surface area (Å²) in [5, 5.41) is 3.43. The monoisotopic (exact) mass is 291 g/mol. The number of nitrogens with one attached hydrogen (secondary N) is 1. The number of rotatable bonds is 7. The molecule has 0 aliphatic carbocycles. The van der Waals surface area contributed by atoms with Crippen LogP contribution in [0, 0.1) is 6.92 Å². The van der Waals surface area contributed by atoms with Gasteiger partial charge >= 0.3 is 0 Å². The van der Waals surface area contributed by atoms with Crippen LogP contribution in [0.15, 0.2) is 35.4 Å². The molecule has 0 bridgehead atoms. The molecular formula is C15H21N3OS. The van der Waals surface area contributed by atoms with Crippen LogP contribution in [-0.2, 0) is 11.3 Å². The van der Waals surface area contributed by atoms with Crippen molar-refractivity contribution >= 4 is 23.4 Å². The first kappa shape index (κ1) is 14.9. The molecule has 0 atom stereocenters. The van der Waals surface area contributed by atoms with Crippen molar-refractivity contribution in [3.05, 3.63) is 36.2 Å². The van der Waals surface area contributed by atoms with Gasteiger partial charge in [-0.15, -0.1) is 11.8 Å². The van der Waals surface area contributed by atoms with Crippen LogP contribution >= 0.6 is 11.8 Å². The molecule has 0 saturated heterocycles. The lowest BCUT2D eigenvalue weighted by Crippen LogP contribution is -2.05. The fourth-order valence-electron chi connectivity index (χ4n) is 2.06. The van der Waals surface area contributed by atoms with E-state index >= 15 is 0 Å². The van der Waals surface area contributed by atoms with Crippen LogP contribution in [0.3, 0.4) is 0 Å². The summed E-state index contributed by atoms with van der Waals surface area (Å²) in [7, 11) is 1.73. The lowest BCUT2D eigenvalue weighted by atomic mass is 10.3. The van der Waals surface area contributed by atoms with Crippen molar-refractivity contribution in [2.45, 2.75) is 24.8 Å². The number of hydrogen-bond donors (Lipinski definition) is 1. The van der Waals surface area contributed by atoms with E-state index in [1.54, 1.807) is 18.9 Å². The van der Waals surface area contributed by atoms with E-state index in [1.165, 1.54) is 4.90 Å². The van der Waals surface area contributed by atoms with E-state index in [2.05, 4.69) is 39.5 Å². The summed E-state index contributed by atoms with van der Waals surface area (Å²) in [5.74, 6) is 0.889. The molecule has 0 saturated carbocycles. The van der Waals surface area contributed by atoms with Gasteiger partial charge in [0.05, 0.1) is 11.4 Å². The van der Waals surface area contributed by atoms with Gasteiger partial charge in [-0.25, -0.2) is 4.98 Å². The molecule has 2 rings (SSSR count). The van der Waals surface area contributed by atoms with E-state index in [0.717, 1.165) is 36.9 Å². The van der Waals surface area contributed by atoms with Gasteiger partial charge in [0.25, 0.3) is 0 Å². The van der Waals surface area contributed by atoms with Crippen LogP contribution in [0.4, 0.5) is 11.6 Å². The molecule has 0 aliphatic rings. The number of para-hydroxylation sites is 1. The molecule has 1 N–H and O–H groups in total. The van der Waals surface area contributed by atoms with Gasteiger partial charge in [-0.1, -0.05) is 12.1 Å². The van der Waals surface area contributed by atoms with Crippen molar-refractivity contribution in [3.8, 4) is 0 Å². The number of hydrogen-bond acceptors (Lipinski definition) is 4. The third-order valence-corrected chi connectivity index (χ3v) is 3.79. The zero-order valence-electron chi connectivity index (χ0n) is 12.2. The highest BCUT2D eigenvalue weighted by Crippen LogP contribution is 2.27. The summed E-state index contributed by atoms with van der Waals surface area (Å²) >= 11 is 1.73. The second kappa shape index (κ2) is 7.36. The van der Waals surface area contributed by atoms with Gasteiger partial charge in [0.2, 0.25) is 5.95 Å². The first-order valence-electron chi connectivity index (χ1n) is 6.67. The molecule has 0 aliphatic heterocycles. The average Bonchev–Trinajstić information content (AvgIpc) is 2.80. The Labute approximate surface area is 124 Å². The summed E-state index contributed by atoms with van der Waals surface area (Å²) in [6.45, 7) is 3.68. The van der Waals surface area contributed by atoms with Gasteiger partial charge in [0.1, 0.15) is 0 Å². The molecule has 1 aromatic heterocycles. The number of aryl methyl sites for hydroxylation is 2. The van der Waals surface area contributed by atoms with E-state index in [1.807, 2.05) is 19.1 Å². The highest BCUT2D eigenvalue weighted by atomic mass is 32.2. The molecule has 0 amide bonds. The van der Waals surface area contributed by atoms with Crippen molar-refractivity contribution in [3.63, 3.8) is 0 Å². The van der Waals surface area contributed by atoms with Crippen molar-refractivity contribution in [1.29, 1.82) is 0 Å².